The maximum absolute atomic E-state index is 5.92. The van der Waals surface area contributed by atoms with Crippen LogP contribution in [0.25, 0.3) is 0 Å². The lowest BCUT2D eigenvalue weighted by Gasteiger charge is -2.23. The molecule has 5 rings (SSSR count). The van der Waals surface area contributed by atoms with E-state index in [0.717, 1.165) is 32.0 Å². The van der Waals surface area contributed by atoms with Crippen LogP contribution in [0.4, 0.5) is 0 Å². The maximum Gasteiger partial charge on any atom is 0.0535 e. The van der Waals surface area contributed by atoms with E-state index in [2.05, 4.69) is 98.8 Å². The van der Waals surface area contributed by atoms with E-state index >= 15 is 0 Å². The van der Waals surface area contributed by atoms with Crippen LogP contribution in [-0.2, 0) is 0 Å². The van der Waals surface area contributed by atoms with Gasteiger partial charge in [0, 0.05) is 41.8 Å². The Morgan fingerprint density at radius 2 is 0.781 bits per heavy atom. The first-order valence-electron chi connectivity index (χ1n) is 10.3. The van der Waals surface area contributed by atoms with E-state index in [4.69, 9.17) is 24.4 Å². The van der Waals surface area contributed by atoms with Crippen molar-refractivity contribution in [3.8, 4) is 0 Å². The van der Waals surface area contributed by atoms with Crippen molar-refractivity contribution < 1.29 is 0 Å². The van der Waals surface area contributed by atoms with Crippen molar-refractivity contribution in [3.63, 3.8) is 0 Å². The van der Waals surface area contributed by atoms with Crippen LogP contribution in [0.3, 0.4) is 0 Å². The normalized spacial score (nSPS) is 12.4. The van der Waals surface area contributed by atoms with Gasteiger partial charge in [0.2, 0.25) is 0 Å². The Hall–Kier alpha value is -2.24. The zero-order chi connectivity index (χ0) is 22.2. The molecule has 0 fully saturated rings. The first kappa shape index (κ1) is 21.6. The second-order valence-corrected chi connectivity index (χ2v) is 11.0. The van der Waals surface area contributed by atoms with Crippen LogP contribution in [0.15, 0.2) is 105 Å². The lowest BCUT2D eigenvalue weighted by Crippen LogP contribution is -2.19. The molecule has 1 aliphatic rings. The SMILES string of the molecule is Cc1ccc(Sc2ccc3c(c2)C(=S)c2ccc(Sc4ccc(C)cc4)cc2C3=S)cc1. The molecule has 0 amide bonds. The van der Waals surface area contributed by atoms with Crippen LogP contribution in [0.5, 0.6) is 0 Å². The molecule has 0 saturated carbocycles. The van der Waals surface area contributed by atoms with E-state index in [1.54, 1.807) is 23.5 Å². The van der Waals surface area contributed by atoms with E-state index < -0.39 is 0 Å². The minimum absolute atomic E-state index is 0.877. The molecule has 156 valence electrons. The van der Waals surface area contributed by atoms with Gasteiger partial charge in [-0.05, 0) is 62.4 Å². The molecule has 0 N–H and O–H groups in total. The third-order valence-corrected chi connectivity index (χ3v) is 8.35. The van der Waals surface area contributed by atoms with Gasteiger partial charge < -0.3 is 0 Å². The Morgan fingerprint density at radius 3 is 1.16 bits per heavy atom. The first-order chi connectivity index (χ1) is 15.5. The van der Waals surface area contributed by atoms with E-state index in [9.17, 15) is 0 Å². The standard InChI is InChI=1S/C28H20S4/c1-17-3-7-19(8-4-17)31-21-11-13-23-25(15-21)27(29)24-14-12-22(16-26(24)28(23)30)32-20-9-5-18(2)6-10-20/h3-16H,1-2H3. The lowest BCUT2D eigenvalue weighted by molar-refractivity contribution is 1.34. The molecule has 0 aliphatic heterocycles. The highest BCUT2D eigenvalue weighted by atomic mass is 32.2. The zero-order valence-corrected chi connectivity index (χ0v) is 21.0. The summed E-state index contributed by atoms with van der Waals surface area (Å²) >= 11 is 15.3. The molecule has 0 unspecified atom stereocenters. The van der Waals surface area contributed by atoms with Gasteiger partial charge >= 0.3 is 0 Å². The van der Waals surface area contributed by atoms with Crippen LogP contribution < -0.4 is 0 Å². The van der Waals surface area contributed by atoms with Gasteiger partial charge in [-0.3, -0.25) is 0 Å². The van der Waals surface area contributed by atoms with Crippen LogP contribution in [0.2, 0.25) is 0 Å². The molecule has 0 spiro atoms. The second-order valence-electron chi connectivity index (χ2n) is 7.90. The first-order valence-corrected chi connectivity index (χ1v) is 12.8. The van der Waals surface area contributed by atoms with E-state index in [1.165, 1.54) is 30.7 Å². The summed E-state index contributed by atoms with van der Waals surface area (Å²) in [6.45, 7) is 4.21. The molecular weight excluding hydrogens is 465 g/mol. The summed E-state index contributed by atoms with van der Waals surface area (Å²) in [5, 5.41) is 0. The molecule has 4 aromatic rings. The maximum atomic E-state index is 5.92. The fourth-order valence-electron chi connectivity index (χ4n) is 3.72. The summed E-state index contributed by atoms with van der Waals surface area (Å²) in [5.41, 5.74) is 6.78. The van der Waals surface area contributed by atoms with Gasteiger partial charge in [0.15, 0.2) is 0 Å². The molecule has 0 bridgehead atoms. The van der Waals surface area contributed by atoms with Gasteiger partial charge in [-0.25, -0.2) is 0 Å². The Labute approximate surface area is 208 Å². The third-order valence-electron chi connectivity index (χ3n) is 5.47. The molecule has 0 nitrogen and oxygen atoms in total. The predicted molar refractivity (Wildman–Crippen MR) is 145 cm³/mol. The smallest absolute Gasteiger partial charge is 0.0535 e. The van der Waals surface area contributed by atoms with E-state index in [0.29, 0.717) is 0 Å². The van der Waals surface area contributed by atoms with Crippen LogP contribution in [0.1, 0.15) is 33.4 Å². The number of hydrogen-bond donors (Lipinski definition) is 0. The number of fused-ring (bicyclic) bond motifs is 2. The van der Waals surface area contributed by atoms with Crippen molar-refractivity contribution in [3.05, 3.63) is 118 Å². The molecule has 0 heterocycles. The summed E-state index contributed by atoms with van der Waals surface area (Å²) in [6.07, 6.45) is 0. The lowest BCUT2D eigenvalue weighted by atomic mass is 9.86. The zero-order valence-electron chi connectivity index (χ0n) is 17.7. The average molecular weight is 485 g/mol. The van der Waals surface area contributed by atoms with Gasteiger partial charge in [0.25, 0.3) is 0 Å². The second kappa shape index (κ2) is 8.95. The molecule has 0 saturated heterocycles. The van der Waals surface area contributed by atoms with Crippen molar-refractivity contribution in [2.75, 3.05) is 0 Å². The number of benzene rings is 4. The van der Waals surface area contributed by atoms with Gasteiger partial charge in [-0.2, -0.15) is 0 Å². The Morgan fingerprint density at radius 1 is 0.438 bits per heavy atom. The number of rotatable bonds is 4. The fraction of sp³-hybridized carbons (Fsp3) is 0.0714. The highest BCUT2D eigenvalue weighted by Crippen LogP contribution is 2.37. The predicted octanol–water partition coefficient (Wildman–Crippen LogP) is 8.45. The van der Waals surface area contributed by atoms with E-state index in [-0.39, 0.29) is 0 Å². The molecule has 0 radical (unpaired) electrons. The number of aryl methyl sites for hydroxylation is 2. The molecule has 0 atom stereocenters. The minimum Gasteiger partial charge on any atom is -0.0901 e. The van der Waals surface area contributed by atoms with Crippen LogP contribution in [0, 0.1) is 13.8 Å². The molecule has 32 heavy (non-hydrogen) atoms. The Bertz CT molecular complexity index is 1240. The summed E-state index contributed by atoms with van der Waals surface area (Å²) in [6, 6.07) is 30.1. The van der Waals surface area contributed by atoms with Crippen molar-refractivity contribution >= 4 is 57.7 Å². The number of hydrogen-bond acceptors (Lipinski definition) is 4. The Kier molecular flexibility index (Phi) is 6.04. The van der Waals surface area contributed by atoms with Crippen LogP contribution >= 0.6 is 48.0 Å². The van der Waals surface area contributed by atoms with Crippen molar-refractivity contribution in [1.82, 2.24) is 0 Å². The Balaban J connectivity index is 1.45. The highest BCUT2D eigenvalue weighted by Gasteiger charge is 2.25. The molecule has 1 aliphatic carbocycles. The minimum atomic E-state index is 0.877. The summed E-state index contributed by atoms with van der Waals surface area (Å²) in [4.78, 5) is 6.54. The van der Waals surface area contributed by atoms with Gasteiger partial charge in [0.05, 0.1) is 9.73 Å². The summed E-state index contributed by atoms with van der Waals surface area (Å²) in [5.74, 6) is 0. The fourth-order valence-corrected chi connectivity index (χ4v) is 6.13. The molecule has 0 aromatic heterocycles. The quantitative estimate of drug-likeness (QED) is 0.235. The molecular formula is C28H20S4. The van der Waals surface area contributed by atoms with Gasteiger partial charge in [0.1, 0.15) is 0 Å². The van der Waals surface area contributed by atoms with Gasteiger partial charge in [-0.15, -0.1) is 0 Å². The van der Waals surface area contributed by atoms with Crippen molar-refractivity contribution in [2.24, 2.45) is 0 Å². The third kappa shape index (κ3) is 4.33. The number of thiocarbonyl (C=S) groups is 2. The largest absolute Gasteiger partial charge is 0.0901 e. The average Bonchev–Trinajstić information content (AvgIpc) is 2.80. The van der Waals surface area contributed by atoms with Crippen LogP contribution in [-0.4, -0.2) is 9.73 Å². The monoisotopic (exact) mass is 484 g/mol. The van der Waals surface area contributed by atoms with E-state index in [1.807, 2.05) is 0 Å². The van der Waals surface area contributed by atoms with Gasteiger partial charge in [-0.1, -0.05) is 95.5 Å². The topological polar surface area (TPSA) is 0 Å². The van der Waals surface area contributed by atoms with Crippen molar-refractivity contribution in [2.45, 2.75) is 33.4 Å². The molecule has 4 heteroatoms. The summed E-state index contributed by atoms with van der Waals surface area (Å²) in [7, 11) is 0. The molecule has 4 aromatic carbocycles. The highest BCUT2D eigenvalue weighted by molar-refractivity contribution is 7.99. The van der Waals surface area contributed by atoms with Crippen molar-refractivity contribution in [1.29, 1.82) is 0 Å². The summed E-state index contributed by atoms with van der Waals surface area (Å²) < 4.78 is 0.